The van der Waals surface area contributed by atoms with Crippen molar-refractivity contribution in [2.45, 2.75) is 71.1 Å². The predicted molar refractivity (Wildman–Crippen MR) is 110 cm³/mol. The highest BCUT2D eigenvalue weighted by Crippen LogP contribution is 2.51. The zero-order valence-corrected chi connectivity index (χ0v) is 18.0. The number of likely N-dealkylation sites (tertiary alicyclic amines) is 1. The molecule has 1 heterocycles. The summed E-state index contributed by atoms with van der Waals surface area (Å²) in [5.74, 6) is 1.000. The first-order chi connectivity index (χ1) is 12.8. The summed E-state index contributed by atoms with van der Waals surface area (Å²) in [4.78, 5) is 18.5. The number of nitrogens with zero attached hydrogens (tertiary/aromatic N) is 2. The molecule has 0 aromatic carbocycles. The summed E-state index contributed by atoms with van der Waals surface area (Å²) in [6.45, 7) is 11.9. The van der Waals surface area contributed by atoms with Gasteiger partial charge >= 0.3 is 0 Å². The van der Waals surface area contributed by atoms with Crippen LogP contribution in [0.15, 0.2) is 4.99 Å². The number of amides is 1. The molecular formula is C20H39N5O2. The average Bonchev–Trinajstić information content (AvgIpc) is 2.66. The third-order valence-corrected chi connectivity index (χ3v) is 6.68. The largest absolute Gasteiger partial charge is 0.378 e. The summed E-state index contributed by atoms with van der Waals surface area (Å²) in [6, 6.07) is 0.735. The summed E-state index contributed by atoms with van der Waals surface area (Å²) in [5.41, 5.74) is -0.0399. The minimum Gasteiger partial charge on any atom is -0.378 e. The Kier molecular flexibility index (Phi) is 7.51. The Morgan fingerprint density at radius 1 is 1.22 bits per heavy atom. The van der Waals surface area contributed by atoms with Crippen molar-refractivity contribution < 1.29 is 9.53 Å². The fourth-order valence-corrected chi connectivity index (χ4v) is 4.01. The van der Waals surface area contributed by atoms with Crippen molar-refractivity contribution in [3.05, 3.63) is 0 Å². The molecule has 1 aliphatic heterocycles. The van der Waals surface area contributed by atoms with Gasteiger partial charge in [0.2, 0.25) is 5.91 Å². The number of guanidine groups is 1. The molecule has 0 aromatic rings. The summed E-state index contributed by atoms with van der Waals surface area (Å²) in [6.07, 6.45) is 3.99. The molecule has 2 unspecified atom stereocenters. The van der Waals surface area contributed by atoms with E-state index >= 15 is 0 Å². The van der Waals surface area contributed by atoms with Gasteiger partial charge in [0.1, 0.15) is 0 Å². The Hall–Kier alpha value is -1.34. The van der Waals surface area contributed by atoms with Crippen LogP contribution in [0.3, 0.4) is 0 Å². The van der Waals surface area contributed by atoms with Crippen LogP contribution in [0.4, 0.5) is 0 Å². The van der Waals surface area contributed by atoms with E-state index < -0.39 is 0 Å². The van der Waals surface area contributed by atoms with Crippen molar-refractivity contribution in [3.63, 3.8) is 0 Å². The van der Waals surface area contributed by atoms with Gasteiger partial charge in [-0.1, -0.05) is 20.8 Å². The zero-order valence-electron chi connectivity index (χ0n) is 18.0. The Morgan fingerprint density at radius 3 is 2.41 bits per heavy atom. The molecule has 2 rings (SSSR count). The van der Waals surface area contributed by atoms with Crippen LogP contribution in [0.2, 0.25) is 0 Å². The number of aliphatic imine (C=N–C) groups is 1. The third-order valence-electron chi connectivity index (χ3n) is 6.68. The Morgan fingerprint density at radius 2 is 1.89 bits per heavy atom. The Labute approximate surface area is 164 Å². The first-order valence-corrected chi connectivity index (χ1v) is 10.3. The number of hydrogen-bond donors (Lipinski definition) is 3. The molecule has 3 N–H and O–H groups in total. The lowest BCUT2D eigenvalue weighted by molar-refractivity contribution is -0.176. The first-order valence-electron chi connectivity index (χ1n) is 10.3. The maximum atomic E-state index is 11.9. The van der Waals surface area contributed by atoms with Gasteiger partial charge in [0.15, 0.2) is 5.96 Å². The van der Waals surface area contributed by atoms with Gasteiger partial charge in [-0.2, -0.15) is 0 Å². The summed E-state index contributed by atoms with van der Waals surface area (Å²) >= 11 is 0. The van der Waals surface area contributed by atoms with Gasteiger partial charge in [0, 0.05) is 51.3 Å². The molecule has 1 amide bonds. The zero-order chi connectivity index (χ0) is 20.1. The number of methoxy groups -OCH3 is 1. The van der Waals surface area contributed by atoms with Crippen LogP contribution in [0.25, 0.3) is 0 Å². The van der Waals surface area contributed by atoms with Gasteiger partial charge in [-0.15, -0.1) is 0 Å². The quantitative estimate of drug-likeness (QED) is 0.458. The maximum Gasteiger partial charge on any atom is 0.234 e. The van der Waals surface area contributed by atoms with Gasteiger partial charge in [0.25, 0.3) is 0 Å². The summed E-state index contributed by atoms with van der Waals surface area (Å²) in [7, 11) is 3.62. The number of ether oxygens (including phenoxy) is 1. The van der Waals surface area contributed by atoms with E-state index in [1.807, 2.05) is 7.05 Å². The van der Waals surface area contributed by atoms with Gasteiger partial charge in [0.05, 0.1) is 12.1 Å². The summed E-state index contributed by atoms with van der Waals surface area (Å²) in [5, 5.41) is 10.1. The van der Waals surface area contributed by atoms with E-state index in [0.717, 1.165) is 51.3 Å². The van der Waals surface area contributed by atoms with Crippen molar-refractivity contribution in [1.82, 2.24) is 20.9 Å². The topological polar surface area (TPSA) is 78.0 Å². The second-order valence-corrected chi connectivity index (χ2v) is 8.67. The van der Waals surface area contributed by atoms with E-state index in [-0.39, 0.29) is 16.9 Å². The number of piperidine rings is 1. The fourth-order valence-electron chi connectivity index (χ4n) is 4.01. The molecular weight excluding hydrogens is 342 g/mol. The summed E-state index contributed by atoms with van der Waals surface area (Å²) < 4.78 is 5.71. The third kappa shape index (κ3) is 5.13. The standard InChI is InChI=1S/C20H39N5O2/c1-7-10-22-17(26)14-25-11-8-15(9-12-25)23-18(21-5)24-16-13-20(4,27-6)19(16,2)3/h15-16H,7-14H2,1-6H3,(H,22,26)(H2,21,23,24). The van der Waals surface area contributed by atoms with Crippen LogP contribution in [-0.4, -0.2) is 74.8 Å². The van der Waals surface area contributed by atoms with Crippen molar-refractivity contribution in [3.8, 4) is 0 Å². The molecule has 0 aromatic heterocycles. The number of carbonyl (C=O) groups is 1. The normalized spacial score (nSPS) is 29.1. The molecule has 156 valence electrons. The van der Waals surface area contributed by atoms with Crippen LogP contribution in [-0.2, 0) is 9.53 Å². The number of carbonyl (C=O) groups excluding carboxylic acids is 1. The molecule has 1 aliphatic carbocycles. The van der Waals surface area contributed by atoms with Crippen molar-refractivity contribution in [2.75, 3.05) is 40.3 Å². The van der Waals surface area contributed by atoms with Gasteiger partial charge in [-0.3, -0.25) is 14.7 Å². The van der Waals surface area contributed by atoms with Gasteiger partial charge in [-0.05, 0) is 32.6 Å². The second-order valence-electron chi connectivity index (χ2n) is 8.67. The minimum atomic E-state index is -0.0901. The van der Waals surface area contributed by atoms with Crippen molar-refractivity contribution in [1.29, 1.82) is 0 Å². The molecule has 2 fully saturated rings. The lowest BCUT2D eigenvalue weighted by Gasteiger charge is -2.59. The van der Waals surface area contributed by atoms with Crippen LogP contribution in [0.1, 0.15) is 53.4 Å². The SMILES string of the molecule is CCCNC(=O)CN1CCC(NC(=NC)NC2CC(C)(OC)C2(C)C)CC1. The number of hydrogen-bond acceptors (Lipinski definition) is 4. The predicted octanol–water partition coefficient (Wildman–Crippen LogP) is 1.35. The Bertz CT molecular complexity index is 528. The molecule has 2 aliphatic rings. The molecule has 1 saturated carbocycles. The van der Waals surface area contributed by atoms with Crippen LogP contribution >= 0.6 is 0 Å². The molecule has 1 saturated heterocycles. The fraction of sp³-hybridized carbons (Fsp3) is 0.900. The molecule has 0 bridgehead atoms. The highest BCUT2D eigenvalue weighted by atomic mass is 16.5. The smallest absolute Gasteiger partial charge is 0.234 e. The van der Waals surface area contributed by atoms with Crippen LogP contribution in [0, 0.1) is 5.41 Å². The lowest BCUT2D eigenvalue weighted by Crippen LogP contribution is -2.69. The molecule has 27 heavy (non-hydrogen) atoms. The van der Waals surface area contributed by atoms with E-state index in [2.05, 4.69) is 53.5 Å². The van der Waals surface area contributed by atoms with Crippen LogP contribution in [0.5, 0.6) is 0 Å². The Balaban J connectivity index is 1.75. The molecule has 2 atom stereocenters. The van der Waals surface area contributed by atoms with E-state index in [4.69, 9.17) is 4.74 Å². The van der Waals surface area contributed by atoms with E-state index in [1.54, 1.807) is 7.11 Å². The van der Waals surface area contributed by atoms with Crippen molar-refractivity contribution in [2.24, 2.45) is 10.4 Å². The average molecular weight is 382 g/mol. The molecule has 7 heteroatoms. The number of nitrogens with one attached hydrogen (secondary N) is 3. The molecule has 7 nitrogen and oxygen atoms in total. The van der Waals surface area contributed by atoms with Crippen LogP contribution < -0.4 is 16.0 Å². The lowest BCUT2D eigenvalue weighted by atomic mass is 9.56. The van der Waals surface area contributed by atoms with Gasteiger partial charge in [-0.25, -0.2) is 0 Å². The molecule has 0 radical (unpaired) electrons. The highest BCUT2D eigenvalue weighted by Gasteiger charge is 2.58. The maximum absolute atomic E-state index is 11.9. The number of rotatable bonds is 7. The molecule has 0 spiro atoms. The second kappa shape index (κ2) is 9.24. The van der Waals surface area contributed by atoms with E-state index in [0.29, 0.717) is 18.6 Å². The van der Waals surface area contributed by atoms with E-state index in [1.165, 1.54) is 0 Å². The monoisotopic (exact) mass is 381 g/mol. The van der Waals surface area contributed by atoms with Crippen molar-refractivity contribution >= 4 is 11.9 Å². The highest BCUT2D eigenvalue weighted by molar-refractivity contribution is 5.80. The first kappa shape index (κ1) is 22.0. The minimum absolute atomic E-state index is 0.0502. The van der Waals surface area contributed by atoms with Gasteiger partial charge < -0.3 is 20.7 Å². The van der Waals surface area contributed by atoms with E-state index in [9.17, 15) is 4.79 Å².